The summed E-state index contributed by atoms with van der Waals surface area (Å²) in [5, 5.41) is 0. The quantitative estimate of drug-likeness (QED) is 0.701. The molecule has 1 rings (SSSR count). The third-order valence-corrected chi connectivity index (χ3v) is 4.56. The number of halogens is 2. The number of alkyl halides is 2. The Kier molecular flexibility index (Phi) is 5.61. The van der Waals surface area contributed by atoms with Crippen molar-refractivity contribution in [3.63, 3.8) is 0 Å². The molecule has 0 unspecified atom stereocenters. The van der Waals surface area contributed by atoms with Crippen LogP contribution in [0, 0.1) is 11.3 Å². The van der Waals surface area contributed by atoms with Crippen molar-refractivity contribution in [2.24, 2.45) is 11.3 Å². The summed E-state index contributed by atoms with van der Waals surface area (Å²) in [6.07, 6.45) is 0.849. The second-order valence-corrected chi connectivity index (χ2v) is 5.31. The summed E-state index contributed by atoms with van der Waals surface area (Å²) >= 11 is 12.3. The van der Waals surface area contributed by atoms with Gasteiger partial charge in [0.25, 0.3) is 0 Å². The van der Waals surface area contributed by atoms with Crippen LogP contribution >= 0.6 is 23.2 Å². The van der Waals surface area contributed by atoms with Gasteiger partial charge < -0.3 is 4.74 Å². The molecule has 0 radical (unpaired) electrons. The number of benzene rings is 1. The van der Waals surface area contributed by atoms with Gasteiger partial charge in [0.05, 0.1) is 7.11 Å². The highest BCUT2D eigenvalue weighted by atomic mass is 35.5. The summed E-state index contributed by atoms with van der Waals surface area (Å²) in [6.45, 7) is 4.33. The van der Waals surface area contributed by atoms with E-state index >= 15 is 0 Å². The Labute approximate surface area is 114 Å². The van der Waals surface area contributed by atoms with Crippen LogP contribution in [0.1, 0.15) is 19.4 Å². The van der Waals surface area contributed by atoms with E-state index in [9.17, 15) is 0 Å². The molecule has 0 aliphatic heterocycles. The van der Waals surface area contributed by atoms with Crippen LogP contribution in [0.2, 0.25) is 0 Å². The predicted molar refractivity (Wildman–Crippen MR) is 75.4 cm³/mol. The van der Waals surface area contributed by atoms with Crippen molar-refractivity contribution < 1.29 is 4.74 Å². The van der Waals surface area contributed by atoms with Gasteiger partial charge in [0.15, 0.2) is 0 Å². The molecule has 1 aromatic rings. The second-order valence-electron chi connectivity index (χ2n) is 4.77. The number of hydrogen-bond donors (Lipinski definition) is 0. The highest BCUT2D eigenvalue weighted by Crippen LogP contribution is 2.36. The van der Waals surface area contributed by atoms with E-state index in [-0.39, 0.29) is 5.41 Å². The fourth-order valence-electron chi connectivity index (χ4n) is 1.87. The van der Waals surface area contributed by atoms with Gasteiger partial charge in [0, 0.05) is 17.2 Å². The fourth-order valence-corrected chi connectivity index (χ4v) is 2.96. The maximum atomic E-state index is 6.14. The summed E-state index contributed by atoms with van der Waals surface area (Å²) in [5.74, 6) is 2.47. The van der Waals surface area contributed by atoms with E-state index in [4.69, 9.17) is 27.9 Å². The molecule has 0 heterocycles. The van der Waals surface area contributed by atoms with Gasteiger partial charge in [-0.2, -0.15) is 0 Å². The first-order chi connectivity index (χ1) is 8.09. The molecular weight excluding hydrogens is 255 g/mol. The Morgan fingerprint density at radius 1 is 1.18 bits per heavy atom. The number of methoxy groups -OCH3 is 1. The predicted octanol–water partition coefficient (Wildman–Crippen LogP) is 4.36. The summed E-state index contributed by atoms with van der Waals surface area (Å²) in [7, 11) is 1.69. The lowest BCUT2D eigenvalue weighted by Crippen LogP contribution is -2.34. The third kappa shape index (κ3) is 3.29. The lowest BCUT2D eigenvalue weighted by atomic mass is 9.75. The van der Waals surface area contributed by atoms with Crippen LogP contribution in [0.5, 0.6) is 5.75 Å². The van der Waals surface area contributed by atoms with Crippen LogP contribution < -0.4 is 4.74 Å². The number of hydrogen-bond acceptors (Lipinski definition) is 1. The van der Waals surface area contributed by atoms with E-state index < -0.39 is 0 Å². The van der Waals surface area contributed by atoms with Gasteiger partial charge in [-0.3, -0.25) is 0 Å². The van der Waals surface area contributed by atoms with E-state index in [0.29, 0.717) is 17.7 Å². The van der Waals surface area contributed by atoms with Crippen LogP contribution in [0.4, 0.5) is 0 Å². The first kappa shape index (κ1) is 14.7. The molecule has 0 atom stereocenters. The van der Waals surface area contributed by atoms with Crippen molar-refractivity contribution in [2.45, 2.75) is 20.3 Å². The minimum atomic E-state index is -0.0717. The highest BCUT2D eigenvalue weighted by Gasteiger charge is 2.33. The largest absolute Gasteiger partial charge is 0.496 e. The van der Waals surface area contributed by atoms with Gasteiger partial charge in [0.2, 0.25) is 0 Å². The first-order valence-corrected chi connectivity index (χ1v) is 6.90. The van der Waals surface area contributed by atoms with Gasteiger partial charge in [0.1, 0.15) is 5.75 Å². The Morgan fingerprint density at radius 2 is 1.76 bits per heavy atom. The van der Waals surface area contributed by atoms with E-state index in [2.05, 4.69) is 19.9 Å². The Bertz CT molecular complexity index is 346. The summed E-state index contributed by atoms with van der Waals surface area (Å²) in [4.78, 5) is 0. The van der Waals surface area contributed by atoms with Crippen LogP contribution in [-0.4, -0.2) is 18.9 Å². The molecule has 1 aromatic carbocycles. The Hall–Kier alpha value is -0.400. The molecule has 0 aliphatic carbocycles. The molecule has 17 heavy (non-hydrogen) atoms. The van der Waals surface area contributed by atoms with E-state index in [0.717, 1.165) is 12.2 Å². The maximum absolute atomic E-state index is 6.14. The molecule has 1 nitrogen and oxygen atoms in total. The molecule has 0 saturated heterocycles. The lowest BCUT2D eigenvalue weighted by Gasteiger charge is -2.34. The topological polar surface area (TPSA) is 9.23 Å². The molecule has 3 heteroatoms. The molecule has 0 aromatic heterocycles. The van der Waals surface area contributed by atoms with E-state index in [1.54, 1.807) is 7.11 Å². The molecule has 0 amide bonds. The van der Waals surface area contributed by atoms with Gasteiger partial charge in [-0.05, 0) is 24.0 Å². The molecule has 0 saturated carbocycles. The average Bonchev–Trinajstić information content (AvgIpc) is 2.36. The zero-order valence-electron chi connectivity index (χ0n) is 10.7. The van der Waals surface area contributed by atoms with Gasteiger partial charge >= 0.3 is 0 Å². The maximum Gasteiger partial charge on any atom is 0.122 e. The highest BCUT2D eigenvalue weighted by molar-refractivity contribution is 6.21. The lowest BCUT2D eigenvalue weighted by molar-refractivity contribution is 0.255. The molecule has 96 valence electrons. The SMILES string of the molecule is COc1ccccc1CC(CCl)(CCl)C(C)C. The van der Waals surface area contributed by atoms with Crippen molar-refractivity contribution in [1.29, 1.82) is 0 Å². The standard InChI is InChI=1S/C14H20Cl2O/c1-11(2)14(9-15,10-16)8-12-6-4-5-7-13(12)17-3/h4-7,11H,8-10H2,1-3H3. The minimum absolute atomic E-state index is 0.0717. The fraction of sp³-hybridized carbons (Fsp3) is 0.571. The number of para-hydroxylation sites is 1. The Morgan fingerprint density at radius 3 is 2.24 bits per heavy atom. The van der Waals surface area contributed by atoms with Crippen LogP contribution in [0.3, 0.4) is 0 Å². The molecule has 0 fully saturated rings. The summed E-state index contributed by atoms with van der Waals surface area (Å²) < 4.78 is 5.37. The first-order valence-electron chi connectivity index (χ1n) is 5.83. The van der Waals surface area contributed by atoms with Crippen molar-refractivity contribution in [1.82, 2.24) is 0 Å². The monoisotopic (exact) mass is 274 g/mol. The zero-order valence-corrected chi connectivity index (χ0v) is 12.2. The normalized spacial score (nSPS) is 11.9. The third-order valence-electron chi connectivity index (χ3n) is 3.49. The molecule has 0 spiro atoms. The number of rotatable bonds is 6. The zero-order chi connectivity index (χ0) is 12.9. The van der Waals surface area contributed by atoms with Crippen molar-refractivity contribution in [3.8, 4) is 5.75 Å². The summed E-state index contributed by atoms with van der Waals surface area (Å²) in [5.41, 5.74) is 1.10. The molecule has 0 N–H and O–H groups in total. The average molecular weight is 275 g/mol. The van der Waals surface area contributed by atoms with Gasteiger partial charge in [-0.15, -0.1) is 23.2 Å². The van der Waals surface area contributed by atoms with Crippen LogP contribution in [-0.2, 0) is 6.42 Å². The smallest absolute Gasteiger partial charge is 0.122 e. The van der Waals surface area contributed by atoms with E-state index in [1.807, 2.05) is 18.2 Å². The Balaban J connectivity index is 3.01. The van der Waals surface area contributed by atoms with Gasteiger partial charge in [-0.25, -0.2) is 0 Å². The summed E-state index contributed by atoms with van der Waals surface area (Å²) in [6, 6.07) is 8.05. The second kappa shape index (κ2) is 6.51. The molecule has 0 bridgehead atoms. The van der Waals surface area contributed by atoms with Crippen LogP contribution in [0.25, 0.3) is 0 Å². The van der Waals surface area contributed by atoms with Crippen molar-refractivity contribution in [2.75, 3.05) is 18.9 Å². The van der Waals surface area contributed by atoms with Gasteiger partial charge in [-0.1, -0.05) is 32.0 Å². The molecule has 0 aliphatic rings. The number of ether oxygens (including phenoxy) is 1. The van der Waals surface area contributed by atoms with E-state index in [1.165, 1.54) is 5.56 Å². The minimum Gasteiger partial charge on any atom is -0.496 e. The van der Waals surface area contributed by atoms with Crippen LogP contribution in [0.15, 0.2) is 24.3 Å². The van der Waals surface area contributed by atoms with Crippen molar-refractivity contribution in [3.05, 3.63) is 29.8 Å². The molecular formula is C14H20Cl2O. The van der Waals surface area contributed by atoms with Crippen molar-refractivity contribution >= 4 is 23.2 Å².